The van der Waals surface area contributed by atoms with Gasteiger partial charge in [-0.3, -0.25) is 4.99 Å². The number of thiophene rings is 1. The van der Waals surface area contributed by atoms with Crippen LogP contribution in [-0.2, 0) is 13.1 Å². The van der Waals surface area contributed by atoms with Gasteiger partial charge in [0.15, 0.2) is 5.96 Å². The van der Waals surface area contributed by atoms with Crippen LogP contribution in [0.3, 0.4) is 0 Å². The highest BCUT2D eigenvalue weighted by molar-refractivity contribution is 7.09. The fraction of sp³-hybridized carbons (Fsp3) is 0.417. The van der Waals surface area contributed by atoms with Crippen LogP contribution in [0.2, 0.25) is 0 Å². The molecular weight excluding hydrogens is 276 g/mol. The number of aliphatic hydroxyl groups excluding tert-OH is 1. The lowest BCUT2D eigenvalue weighted by atomic mass is 10.2. The van der Waals surface area contributed by atoms with Gasteiger partial charge in [0.1, 0.15) is 5.69 Å². The van der Waals surface area contributed by atoms with Crippen molar-refractivity contribution in [3.63, 3.8) is 0 Å². The number of guanidine groups is 1. The maximum absolute atomic E-state index is 8.92. The molecule has 2 aromatic heterocycles. The van der Waals surface area contributed by atoms with Gasteiger partial charge in [-0.15, -0.1) is 16.4 Å². The summed E-state index contributed by atoms with van der Waals surface area (Å²) in [6.07, 6.45) is 1.84. The molecule has 7 nitrogen and oxygen atoms in total. The van der Waals surface area contributed by atoms with E-state index in [4.69, 9.17) is 10.8 Å². The molecule has 106 valence electrons. The Hall–Kier alpha value is -1.93. The first-order chi connectivity index (χ1) is 9.78. The number of rotatable bonds is 5. The van der Waals surface area contributed by atoms with Crippen LogP contribution in [-0.4, -0.2) is 44.1 Å². The van der Waals surface area contributed by atoms with Crippen molar-refractivity contribution in [1.82, 2.24) is 19.9 Å². The van der Waals surface area contributed by atoms with Gasteiger partial charge in [-0.1, -0.05) is 11.3 Å². The summed E-state index contributed by atoms with van der Waals surface area (Å²) in [5.74, 6) is 0.542. The number of hydrogen-bond donors (Lipinski definition) is 2. The van der Waals surface area contributed by atoms with Crippen LogP contribution in [0, 0.1) is 0 Å². The molecule has 0 amide bonds. The van der Waals surface area contributed by atoms with Crippen molar-refractivity contribution in [2.75, 3.05) is 13.2 Å². The van der Waals surface area contributed by atoms with Gasteiger partial charge in [0.05, 0.1) is 38.5 Å². The van der Waals surface area contributed by atoms with Gasteiger partial charge >= 0.3 is 0 Å². The Bertz CT molecular complexity index is 593. The van der Waals surface area contributed by atoms with Crippen LogP contribution in [0.1, 0.15) is 16.6 Å². The number of aromatic nitrogens is 3. The van der Waals surface area contributed by atoms with Gasteiger partial charge in [0.25, 0.3) is 0 Å². The fourth-order valence-corrected chi connectivity index (χ4v) is 2.92. The second-order valence-corrected chi connectivity index (χ2v) is 5.58. The summed E-state index contributed by atoms with van der Waals surface area (Å²) in [4.78, 5) is 7.58. The molecule has 0 aliphatic carbocycles. The molecule has 0 saturated carbocycles. The zero-order valence-corrected chi connectivity index (χ0v) is 11.7. The zero-order chi connectivity index (χ0) is 13.9. The molecule has 8 heteroatoms. The summed E-state index contributed by atoms with van der Waals surface area (Å²) in [6, 6.07) is 4.12. The first-order valence-corrected chi connectivity index (χ1v) is 7.25. The Kier molecular flexibility index (Phi) is 3.66. The number of nitrogens with two attached hydrogens (primary N) is 1. The molecule has 0 spiro atoms. The van der Waals surface area contributed by atoms with E-state index < -0.39 is 0 Å². The van der Waals surface area contributed by atoms with Crippen molar-refractivity contribution in [1.29, 1.82) is 0 Å². The van der Waals surface area contributed by atoms with Crippen molar-refractivity contribution in [2.45, 2.75) is 19.1 Å². The Morgan fingerprint density at radius 2 is 2.40 bits per heavy atom. The van der Waals surface area contributed by atoms with Crippen molar-refractivity contribution in [3.05, 3.63) is 34.3 Å². The molecule has 1 aliphatic rings. The summed E-state index contributed by atoms with van der Waals surface area (Å²) in [5.41, 5.74) is 6.81. The molecule has 3 N–H and O–H groups in total. The van der Waals surface area contributed by atoms with Gasteiger partial charge in [-0.05, 0) is 11.4 Å². The molecule has 0 fully saturated rings. The lowest BCUT2D eigenvalue weighted by Gasteiger charge is -2.23. The average molecular weight is 292 g/mol. The third kappa shape index (κ3) is 2.52. The molecule has 0 radical (unpaired) electrons. The molecule has 2 aromatic rings. The highest BCUT2D eigenvalue weighted by Crippen LogP contribution is 2.26. The molecule has 3 rings (SSSR count). The Morgan fingerprint density at radius 1 is 1.50 bits per heavy atom. The lowest BCUT2D eigenvalue weighted by Crippen LogP contribution is -2.35. The van der Waals surface area contributed by atoms with Crippen LogP contribution in [0.25, 0.3) is 0 Å². The van der Waals surface area contributed by atoms with Crippen LogP contribution in [0.4, 0.5) is 0 Å². The summed E-state index contributed by atoms with van der Waals surface area (Å²) in [7, 11) is 0. The van der Waals surface area contributed by atoms with E-state index in [0.717, 1.165) is 12.2 Å². The van der Waals surface area contributed by atoms with Gasteiger partial charge in [0, 0.05) is 4.88 Å². The predicted octanol–water partition coefficient (Wildman–Crippen LogP) is 0.204. The Morgan fingerprint density at radius 3 is 3.15 bits per heavy atom. The van der Waals surface area contributed by atoms with Crippen LogP contribution < -0.4 is 5.73 Å². The third-order valence-electron chi connectivity index (χ3n) is 3.23. The normalized spacial score (nSPS) is 18.6. The Balaban J connectivity index is 1.77. The second-order valence-electron chi connectivity index (χ2n) is 4.55. The average Bonchev–Trinajstić information content (AvgIpc) is 3.14. The summed E-state index contributed by atoms with van der Waals surface area (Å²) < 4.78 is 1.63. The standard InChI is InChI=1S/C12H16N6OS/c13-12-14-6-11(10-8-17(3-4-19)16-15-10)18(12)7-9-2-1-5-20-9/h1-2,5,8,11,19H,3-4,6-7H2,(H2,13,14). The molecule has 20 heavy (non-hydrogen) atoms. The maximum atomic E-state index is 8.92. The maximum Gasteiger partial charge on any atom is 0.192 e. The summed E-state index contributed by atoms with van der Waals surface area (Å²) in [6.45, 7) is 1.81. The quantitative estimate of drug-likeness (QED) is 0.821. The van der Waals surface area contributed by atoms with Gasteiger partial charge in [-0.25, -0.2) is 4.68 Å². The largest absolute Gasteiger partial charge is 0.394 e. The fourth-order valence-electron chi connectivity index (χ4n) is 2.22. The lowest BCUT2D eigenvalue weighted by molar-refractivity contribution is 0.268. The predicted molar refractivity (Wildman–Crippen MR) is 76.2 cm³/mol. The van der Waals surface area contributed by atoms with E-state index in [0.29, 0.717) is 19.0 Å². The molecule has 3 heterocycles. The number of aliphatic hydroxyl groups is 1. The van der Waals surface area contributed by atoms with Gasteiger partial charge in [0.2, 0.25) is 0 Å². The molecule has 0 aromatic carbocycles. The van der Waals surface area contributed by atoms with Crippen molar-refractivity contribution >= 4 is 17.3 Å². The Labute approximate surface area is 120 Å². The number of hydrogen-bond acceptors (Lipinski definition) is 7. The summed E-state index contributed by atoms with van der Waals surface area (Å²) in [5, 5.41) is 19.1. The number of aliphatic imine (C=N–C) groups is 1. The van der Waals surface area contributed by atoms with Crippen molar-refractivity contribution < 1.29 is 5.11 Å². The molecule has 1 aliphatic heterocycles. The molecular formula is C12H16N6OS. The smallest absolute Gasteiger partial charge is 0.192 e. The van der Waals surface area contributed by atoms with Crippen LogP contribution in [0.15, 0.2) is 28.7 Å². The topological polar surface area (TPSA) is 92.6 Å². The van der Waals surface area contributed by atoms with E-state index in [2.05, 4.69) is 21.4 Å². The minimum absolute atomic E-state index is 0.0181. The van der Waals surface area contributed by atoms with Crippen LogP contribution >= 0.6 is 11.3 Å². The van der Waals surface area contributed by atoms with Crippen molar-refractivity contribution in [3.8, 4) is 0 Å². The summed E-state index contributed by atoms with van der Waals surface area (Å²) >= 11 is 1.70. The highest BCUT2D eigenvalue weighted by atomic mass is 32.1. The monoisotopic (exact) mass is 292 g/mol. The van der Waals surface area contributed by atoms with Crippen LogP contribution in [0.5, 0.6) is 0 Å². The van der Waals surface area contributed by atoms with E-state index in [-0.39, 0.29) is 12.6 Å². The second kappa shape index (κ2) is 5.59. The van der Waals surface area contributed by atoms with Crippen molar-refractivity contribution in [2.24, 2.45) is 10.7 Å². The molecule has 0 saturated heterocycles. The van der Waals surface area contributed by atoms with Gasteiger partial charge in [-0.2, -0.15) is 0 Å². The van der Waals surface area contributed by atoms with E-state index in [1.54, 1.807) is 16.0 Å². The van der Waals surface area contributed by atoms with Gasteiger partial charge < -0.3 is 15.7 Å². The first-order valence-electron chi connectivity index (χ1n) is 6.38. The SMILES string of the molecule is NC1=NCC(c2cn(CCO)nn2)N1Cc1cccs1. The molecule has 1 atom stereocenters. The number of nitrogens with zero attached hydrogens (tertiary/aromatic N) is 5. The molecule has 0 bridgehead atoms. The highest BCUT2D eigenvalue weighted by Gasteiger charge is 2.29. The first kappa shape index (κ1) is 13.1. The van der Waals surface area contributed by atoms with E-state index in [1.165, 1.54) is 4.88 Å². The van der Waals surface area contributed by atoms with E-state index >= 15 is 0 Å². The minimum atomic E-state index is 0.0181. The molecule has 1 unspecified atom stereocenters. The third-order valence-corrected chi connectivity index (χ3v) is 4.09. The minimum Gasteiger partial charge on any atom is -0.394 e. The van der Waals surface area contributed by atoms with E-state index in [1.807, 2.05) is 22.5 Å². The van der Waals surface area contributed by atoms with E-state index in [9.17, 15) is 0 Å². The zero-order valence-electron chi connectivity index (χ0n) is 10.9.